The molecule has 3 amide bonds. The zero-order valence-corrected chi connectivity index (χ0v) is 15.4. The number of piperidine rings is 2. The maximum Gasteiger partial charge on any atom is 0.317 e. The summed E-state index contributed by atoms with van der Waals surface area (Å²) in [4.78, 5) is 28.7. The van der Waals surface area contributed by atoms with Gasteiger partial charge in [-0.05, 0) is 50.7 Å². The predicted molar refractivity (Wildman–Crippen MR) is 98.5 cm³/mol. The molecule has 1 atom stereocenters. The number of urea groups is 1. The fourth-order valence-corrected chi connectivity index (χ4v) is 3.98. The topological polar surface area (TPSA) is 52.7 Å². The summed E-state index contributed by atoms with van der Waals surface area (Å²) in [7, 11) is 0. The van der Waals surface area contributed by atoms with Crippen molar-refractivity contribution in [2.24, 2.45) is 0 Å². The third-order valence-electron chi connectivity index (χ3n) is 5.57. The van der Waals surface area contributed by atoms with E-state index in [4.69, 9.17) is 0 Å². The summed E-state index contributed by atoms with van der Waals surface area (Å²) in [6.45, 7) is 4.03. The number of likely N-dealkylation sites (tertiary alicyclic amines) is 2. The van der Waals surface area contributed by atoms with Crippen LogP contribution < -0.4 is 5.32 Å². The van der Waals surface area contributed by atoms with E-state index in [1.807, 2.05) is 4.90 Å². The molecule has 6 heteroatoms. The average molecular weight is 361 g/mol. The number of benzene rings is 1. The summed E-state index contributed by atoms with van der Waals surface area (Å²) in [5.74, 6) is -0.751. The molecule has 2 fully saturated rings. The van der Waals surface area contributed by atoms with E-state index >= 15 is 0 Å². The summed E-state index contributed by atoms with van der Waals surface area (Å²) in [5, 5.41) is 3.14. The molecule has 0 aliphatic carbocycles. The Hall–Kier alpha value is -2.11. The monoisotopic (exact) mass is 361 g/mol. The SMILES string of the molecule is CCC1CCCCN1C(=O)NC1CCN(C(=O)c2ccccc2F)CC1. The molecule has 1 aromatic carbocycles. The maximum absolute atomic E-state index is 13.8. The summed E-state index contributed by atoms with van der Waals surface area (Å²) in [5.41, 5.74) is 0.120. The predicted octanol–water partition coefficient (Wildman–Crippen LogP) is 3.40. The van der Waals surface area contributed by atoms with Crippen molar-refractivity contribution in [3.8, 4) is 0 Å². The third kappa shape index (κ3) is 4.17. The van der Waals surface area contributed by atoms with Crippen molar-refractivity contribution in [3.63, 3.8) is 0 Å². The van der Waals surface area contributed by atoms with Gasteiger partial charge in [0, 0.05) is 31.7 Å². The van der Waals surface area contributed by atoms with Crippen LogP contribution in [-0.2, 0) is 0 Å². The van der Waals surface area contributed by atoms with Crippen molar-refractivity contribution in [3.05, 3.63) is 35.6 Å². The van der Waals surface area contributed by atoms with Gasteiger partial charge >= 0.3 is 6.03 Å². The van der Waals surface area contributed by atoms with Crippen LogP contribution in [0.2, 0.25) is 0 Å². The highest BCUT2D eigenvalue weighted by molar-refractivity contribution is 5.94. The zero-order chi connectivity index (χ0) is 18.5. The fraction of sp³-hybridized carbons (Fsp3) is 0.600. The molecule has 2 saturated heterocycles. The van der Waals surface area contributed by atoms with E-state index < -0.39 is 5.82 Å². The Bertz CT molecular complexity index is 644. The van der Waals surface area contributed by atoms with Crippen LogP contribution in [0.1, 0.15) is 55.8 Å². The second-order valence-corrected chi connectivity index (χ2v) is 7.25. The van der Waals surface area contributed by atoms with Crippen LogP contribution in [0.25, 0.3) is 0 Å². The normalized spacial score (nSPS) is 21.5. The van der Waals surface area contributed by atoms with Crippen LogP contribution in [0.15, 0.2) is 24.3 Å². The number of rotatable bonds is 3. The minimum absolute atomic E-state index is 0.0235. The van der Waals surface area contributed by atoms with Crippen molar-refractivity contribution in [1.82, 2.24) is 15.1 Å². The molecule has 1 aromatic rings. The standard InChI is InChI=1S/C20H28FN3O2/c1-2-16-7-5-6-12-24(16)20(26)22-15-10-13-23(14-11-15)19(25)17-8-3-4-9-18(17)21/h3-4,8-9,15-16H,2,5-7,10-14H2,1H3,(H,22,26). The summed E-state index contributed by atoms with van der Waals surface area (Å²) < 4.78 is 13.8. The first kappa shape index (κ1) is 18.7. The van der Waals surface area contributed by atoms with E-state index in [0.717, 1.165) is 25.8 Å². The first-order chi connectivity index (χ1) is 12.6. The van der Waals surface area contributed by atoms with Crippen LogP contribution in [0, 0.1) is 5.82 Å². The molecule has 0 spiro atoms. The second-order valence-electron chi connectivity index (χ2n) is 7.25. The lowest BCUT2D eigenvalue weighted by Crippen LogP contribution is -2.53. The van der Waals surface area contributed by atoms with Crippen LogP contribution in [0.5, 0.6) is 0 Å². The molecule has 1 N–H and O–H groups in total. The number of amides is 3. The molecule has 3 rings (SSSR count). The Balaban J connectivity index is 1.51. The number of halogens is 1. The van der Waals surface area contributed by atoms with Crippen molar-refractivity contribution in [2.75, 3.05) is 19.6 Å². The molecule has 0 saturated carbocycles. The van der Waals surface area contributed by atoms with Crippen molar-refractivity contribution in [2.45, 2.75) is 57.5 Å². The Morgan fingerprint density at radius 2 is 1.85 bits per heavy atom. The second kappa shape index (κ2) is 8.52. The zero-order valence-electron chi connectivity index (χ0n) is 15.4. The van der Waals surface area contributed by atoms with Gasteiger partial charge in [-0.25, -0.2) is 9.18 Å². The molecule has 2 heterocycles. The van der Waals surface area contributed by atoms with Crippen molar-refractivity contribution in [1.29, 1.82) is 0 Å². The van der Waals surface area contributed by atoms with Gasteiger partial charge in [0.25, 0.3) is 5.91 Å². The van der Waals surface area contributed by atoms with Crippen molar-refractivity contribution >= 4 is 11.9 Å². The van der Waals surface area contributed by atoms with Crippen LogP contribution in [0.3, 0.4) is 0 Å². The van der Waals surface area contributed by atoms with E-state index in [1.165, 1.54) is 18.6 Å². The molecule has 2 aliphatic rings. The third-order valence-corrected chi connectivity index (χ3v) is 5.57. The quantitative estimate of drug-likeness (QED) is 0.897. The highest BCUT2D eigenvalue weighted by Gasteiger charge is 2.29. The summed E-state index contributed by atoms with van der Waals surface area (Å²) in [6, 6.07) is 6.52. The maximum atomic E-state index is 13.8. The highest BCUT2D eigenvalue weighted by atomic mass is 19.1. The van der Waals surface area contributed by atoms with Gasteiger partial charge < -0.3 is 15.1 Å². The van der Waals surface area contributed by atoms with E-state index in [-0.39, 0.29) is 23.5 Å². The lowest BCUT2D eigenvalue weighted by atomic mass is 10.00. The number of nitrogens with one attached hydrogen (secondary N) is 1. The lowest BCUT2D eigenvalue weighted by Gasteiger charge is -2.38. The largest absolute Gasteiger partial charge is 0.338 e. The summed E-state index contributed by atoms with van der Waals surface area (Å²) >= 11 is 0. The minimum Gasteiger partial charge on any atom is -0.338 e. The Morgan fingerprint density at radius 1 is 1.12 bits per heavy atom. The van der Waals surface area contributed by atoms with Gasteiger partial charge in [0.05, 0.1) is 5.56 Å². The summed E-state index contributed by atoms with van der Waals surface area (Å²) in [6.07, 6.45) is 5.74. The van der Waals surface area contributed by atoms with Crippen LogP contribution in [0.4, 0.5) is 9.18 Å². The van der Waals surface area contributed by atoms with Gasteiger partial charge in [-0.3, -0.25) is 4.79 Å². The number of hydrogen-bond acceptors (Lipinski definition) is 2. The van der Waals surface area contributed by atoms with E-state index in [0.29, 0.717) is 32.0 Å². The minimum atomic E-state index is -0.483. The van der Waals surface area contributed by atoms with Gasteiger partial charge in [-0.2, -0.15) is 0 Å². The average Bonchev–Trinajstić information content (AvgIpc) is 2.68. The first-order valence-corrected chi connectivity index (χ1v) is 9.71. The van der Waals surface area contributed by atoms with Gasteiger partial charge in [0.2, 0.25) is 0 Å². The molecule has 0 radical (unpaired) electrons. The fourth-order valence-electron chi connectivity index (χ4n) is 3.98. The Kier molecular flexibility index (Phi) is 6.12. The van der Waals surface area contributed by atoms with E-state index in [9.17, 15) is 14.0 Å². The highest BCUT2D eigenvalue weighted by Crippen LogP contribution is 2.21. The molecule has 1 unspecified atom stereocenters. The smallest absolute Gasteiger partial charge is 0.317 e. The molecule has 26 heavy (non-hydrogen) atoms. The Morgan fingerprint density at radius 3 is 2.54 bits per heavy atom. The Labute approximate surface area is 154 Å². The molecule has 0 aromatic heterocycles. The van der Waals surface area contributed by atoms with Gasteiger partial charge in [-0.1, -0.05) is 19.1 Å². The first-order valence-electron chi connectivity index (χ1n) is 9.71. The van der Waals surface area contributed by atoms with Crippen LogP contribution >= 0.6 is 0 Å². The number of hydrogen-bond donors (Lipinski definition) is 1. The van der Waals surface area contributed by atoms with Crippen molar-refractivity contribution < 1.29 is 14.0 Å². The number of nitrogens with zero attached hydrogens (tertiary/aromatic N) is 2. The number of carbonyl (C=O) groups excluding carboxylic acids is 2. The lowest BCUT2D eigenvalue weighted by molar-refractivity contribution is 0.0699. The van der Waals surface area contributed by atoms with E-state index in [2.05, 4.69) is 12.2 Å². The molecular weight excluding hydrogens is 333 g/mol. The van der Waals surface area contributed by atoms with Gasteiger partial charge in [0.15, 0.2) is 0 Å². The molecule has 5 nitrogen and oxygen atoms in total. The molecular formula is C20H28FN3O2. The van der Waals surface area contributed by atoms with Gasteiger partial charge in [0.1, 0.15) is 5.82 Å². The molecule has 2 aliphatic heterocycles. The van der Waals surface area contributed by atoms with Gasteiger partial charge in [-0.15, -0.1) is 0 Å². The number of carbonyl (C=O) groups is 2. The van der Waals surface area contributed by atoms with E-state index in [1.54, 1.807) is 17.0 Å². The molecule has 142 valence electrons. The molecule has 0 bridgehead atoms. The van der Waals surface area contributed by atoms with Crippen LogP contribution in [-0.4, -0.2) is 53.5 Å².